The van der Waals surface area contributed by atoms with Crippen LogP contribution < -0.4 is 0 Å². The highest BCUT2D eigenvalue weighted by atomic mass is 16.3. The van der Waals surface area contributed by atoms with Gasteiger partial charge in [0.15, 0.2) is 0 Å². The molecule has 7 aromatic carbocycles. The van der Waals surface area contributed by atoms with Gasteiger partial charge in [0.05, 0.1) is 0 Å². The van der Waals surface area contributed by atoms with Gasteiger partial charge in [-0.05, 0) is 116 Å². The molecule has 0 N–H and O–H groups in total. The van der Waals surface area contributed by atoms with Crippen LogP contribution in [-0.4, -0.2) is 0 Å². The molecule has 0 bridgehead atoms. The van der Waals surface area contributed by atoms with Gasteiger partial charge >= 0.3 is 0 Å². The molecule has 0 saturated heterocycles. The summed E-state index contributed by atoms with van der Waals surface area (Å²) in [6.07, 6.45) is 13.4. The number of rotatable bonds is 6. The minimum absolute atomic E-state index is 0.108. The minimum atomic E-state index is -0.108. The first-order valence-corrected chi connectivity index (χ1v) is 18.5. The van der Waals surface area contributed by atoms with Crippen molar-refractivity contribution < 1.29 is 4.42 Å². The van der Waals surface area contributed by atoms with E-state index in [9.17, 15) is 0 Å². The summed E-state index contributed by atoms with van der Waals surface area (Å²) in [7, 11) is 0. The van der Waals surface area contributed by atoms with Crippen molar-refractivity contribution in [3.8, 4) is 0 Å². The molecule has 0 saturated carbocycles. The Bertz CT molecular complexity index is 2760. The summed E-state index contributed by atoms with van der Waals surface area (Å²) in [5.41, 5.74) is 12.6. The van der Waals surface area contributed by atoms with E-state index in [2.05, 4.69) is 179 Å². The van der Waals surface area contributed by atoms with Crippen LogP contribution >= 0.6 is 0 Å². The third kappa shape index (κ3) is 5.31. The maximum atomic E-state index is 6.25. The van der Waals surface area contributed by atoms with Gasteiger partial charge in [-0.15, -0.1) is 0 Å². The number of hydrogen-bond donors (Lipinski definition) is 0. The first-order chi connectivity index (χ1) is 25.4. The summed E-state index contributed by atoms with van der Waals surface area (Å²) in [6.45, 7) is 9.32. The number of para-hydroxylation sites is 1. The lowest BCUT2D eigenvalue weighted by Crippen LogP contribution is -2.15. The highest BCUT2D eigenvalue weighted by molar-refractivity contribution is 6.16. The monoisotopic (exact) mass is 670 g/mol. The zero-order chi connectivity index (χ0) is 35.4. The topological polar surface area (TPSA) is 13.1 Å². The SMILES string of the molecule is C/C(=C\C=C/Cc1ccccc1)c1c2ccccc2c(/C(C)=C/C=C2\Cc3ccc4cc5oc6ccccc6c5cc4c3C2(C)C)c2ccccc12. The smallest absolute Gasteiger partial charge is 0.136 e. The van der Waals surface area contributed by atoms with Gasteiger partial charge in [0, 0.05) is 16.2 Å². The second-order valence-corrected chi connectivity index (χ2v) is 14.9. The van der Waals surface area contributed by atoms with E-state index in [1.807, 2.05) is 6.07 Å². The molecular formula is C51H42O. The molecule has 1 aromatic heterocycles. The van der Waals surface area contributed by atoms with Gasteiger partial charge in [0.25, 0.3) is 0 Å². The van der Waals surface area contributed by atoms with Crippen LogP contribution in [0.1, 0.15) is 55.5 Å². The van der Waals surface area contributed by atoms with Crippen LogP contribution in [0.2, 0.25) is 0 Å². The number of hydrogen-bond acceptors (Lipinski definition) is 1. The third-order valence-corrected chi connectivity index (χ3v) is 11.3. The minimum Gasteiger partial charge on any atom is -0.456 e. The van der Waals surface area contributed by atoms with Gasteiger partial charge in [0.2, 0.25) is 0 Å². The zero-order valence-corrected chi connectivity index (χ0v) is 30.3. The van der Waals surface area contributed by atoms with Crippen molar-refractivity contribution >= 4 is 65.4 Å². The van der Waals surface area contributed by atoms with Gasteiger partial charge in [-0.3, -0.25) is 0 Å². The Morgan fingerprint density at radius 2 is 1.19 bits per heavy atom. The summed E-state index contributed by atoms with van der Waals surface area (Å²) < 4.78 is 6.25. The molecule has 9 rings (SSSR count). The van der Waals surface area contributed by atoms with E-state index >= 15 is 0 Å². The number of allylic oxidation sites excluding steroid dienone is 8. The third-order valence-electron chi connectivity index (χ3n) is 11.3. The van der Waals surface area contributed by atoms with Crippen molar-refractivity contribution in [2.45, 2.75) is 46.0 Å². The fourth-order valence-corrected chi connectivity index (χ4v) is 8.73. The molecule has 0 spiro atoms. The Morgan fingerprint density at radius 1 is 0.596 bits per heavy atom. The van der Waals surface area contributed by atoms with Crippen molar-refractivity contribution in [1.29, 1.82) is 0 Å². The van der Waals surface area contributed by atoms with Crippen LogP contribution in [-0.2, 0) is 18.3 Å². The van der Waals surface area contributed by atoms with E-state index in [-0.39, 0.29) is 5.41 Å². The molecule has 0 atom stereocenters. The maximum absolute atomic E-state index is 6.25. The largest absolute Gasteiger partial charge is 0.456 e. The van der Waals surface area contributed by atoms with Crippen molar-refractivity contribution in [2.75, 3.05) is 0 Å². The molecule has 1 heteroatoms. The number of fused-ring (bicyclic) bond motifs is 8. The van der Waals surface area contributed by atoms with E-state index < -0.39 is 0 Å². The first kappa shape index (κ1) is 32.0. The van der Waals surface area contributed by atoms with Gasteiger partial charge in [-0.1, -0.05) is 159 Å². The Kier molecular flexibility index (Phi) is 7.81. The Balaban J connectivity index is 1.12. The highest BCUT2D eigenvalue weighted by Crippen LogP contribution is 2.48. The quantitative estimate of drug-likeness (QED) is 0.127. The lowest BCUT2D eigenvalue weighted by molar-refractivity contribution is 0.649. The Morgan fingerprint density at radius 3 is 1.87 bits per heavy atom. The molecule has 1 heterocycles. The van der Waals surface area contributed by atoms with Crippen LogP contribution in [0.3, 0.4) is 0 Å². The van der Waals surface area contributed by atoms with Crippen LogP contribution in [0.5, 0.6) is 0 Å². The van der Waals surface area contributed by atoms with E-state index in [1.165, 1.54) is 87.6 Å². The van der Waals surface area contributed by atoms with E-state index in [0.29, 0.717) is 0 Å². The molecule has 8 aromatic rings. The zero-order valence-electron chi connectivity index (χ0n) is 30.3. The van der Waals surface area contributed by atoms with Gasteiger partial charge in [-0.2, -0.15) is 0 Å². The average Bonchev–Trinajstić information content (AvgIpc) is 3.66. The van der Waals surface area contributed by atoms with Crippen LogP contribution in [0, 0.1) is 0 Å². The number of furan rings is 1. The Labute approximate surface area is 305 Å². The van der Waals surface area contributed by atoms with Gasteiger partial charge in [0.1, 0.15) is 11.2 Å². The van der Waals surface area contributed by atoms with Crippen molar-refractivity contribution in [2.24, 2.45) is 0 Å². The molecule has 52 heavy (non-hydrogen) atoms. The van der Waals surface area contributed by atoms with E-state index in [0.717, 1.165) is 24.0 Å². The Hall–Kier alpha value is -5.92. The summed E-state index contributed by atoms with van der Waals surface area (Å²) in [6, 6.07) is 46.1. The molecule has 0 amide bonds. The fraction of sp³-hybridized carbons (Fsp3) is 0.137. The van der Waals surface area contributed by atoms with Crippen molar-refractivity contribution in [1.82, 2.24) is 0 Å². The fourth-order valence-electron chi connectivity index (χ4n) is 8.73. The normalized spacial score (nSPS) is 15.7. The van der Waals surface area contributed by atoms with Gasteiger partial charge < -0.3 is 4.42 Å². The summed E-state index contributed by atoms with van der Waals surface area (Å²) >= 11 is 0. The molecule has 1 aliphatic rings. The summed E-state index contributed by atoms with van der Waals surface area (Å²) in [4.78, 5) is 0. The molecule has 0 unspecified atom stereocenters. The molecule has 0 fully saturated rings. The molecule has 0 aliphatic heterocycles. The lowest BCUT2D eigenvalue weighted by atomic mass is 9.80. The van der Waals surface area contributed by atoms with Crippen LogP contribution in [0.25, 0.3) is 65.4 Å². The average molecular weight is 671 g/mol. The second kappa shape index (κ2) is 12.7. The predicted molar refractivity (Wildman–Crippen MR) is 224 cm³/mol. The molecule has 252 valence electrons. The van der Waals surface area contributed by atoms with Crippen molar-refractivity contribution in [3.63, 3.8) is 0 Å². The molecule has 1 aliphatic carbocycles. The van der Waals surface area contributed by atoms with Crippen LogP contribution in [0.4, 0.5) is 0 Å². The number of benzene rings is 7. The highest BCUT2D eigenvalue weighted by Gasteiger charge is 2.36. The predicted octanol–water partition coefficient (Wildman–Crippen LogP) is 14.1. The summed E-state index contributed by atoms with van der Waals surface area (Å²) in [5.74, 6) is 0. The second-order valence-electron chi connectivity index (χ2n) is 14.9. The van der Waals surface area contributed by atoms with E-state index in [4.69, 9.17) is 4.42 Å². The molecular weight excluding hydrogens is 629 g/mol. The molecule has 1 nitrogen and oxygen atoms in total. The summed E-state index contributed by atoms with van der Waals surface area (Å²) in [5, 5.41) is 10.1. The first-order valence-electron chi connectivity index (χ1n) is 18.5. The maximum Gasteiger partial charge on any atom is 0.136 e. The van der Waals surface area contributed by atoms with Gasteiger partial charge in [-0.25, -0.2) is 0 Å². The lowest BCUT2D eigenvalue weighted by Gasteiger charge is -2.24. The molecule has 0 radical (unpaired) electrons. The van der Waals surface area contributed by atoms with E-state index in [1.54, 1.807) is 0 Å². The standard InChI is InChI=1S/C51H42O/c1-33(16-8-9-19-35-17-6-5-7-18-35)48-40-21-10-12-23-42(40)49(43-24-13-11-22-41(43)48)34(2)26-29-38-30-37-28-27-36-31-47-45(32-44(36)50(37)51(38,3)4)39-20-14-15-25-46(39)52-47/h5-18,20-29,31-32H,19,30H2,1-4H3/b9-8-,33-16+,34-26+,38-29+. The van der Waals surface area contributed by atoms with Crippen LogP contribution in [0.15, 0.2) is 168 Å². The van der Waals surface area contributed by atoms with Crippen molar-refractivity contribution in [3.05, 3.63) is 191 Å².